The largest absolute Gasteiger partial charge is 0.495 e. The van der Waals surface area contributed by atoms with E-state index in [1.807, 2.05) is 18.2 Å². The molecule has 1 aromatic heterocycles. The summed E-state index contributed by atoms with van der Waals surface area (Å²) in [5.74, 6) is 0.881. The molecule has 7 nitrogen and oxygen atoms in total. The van der Waals surface area contributed by atoms with E-state index in [0.717, 1.165) is 22.9 Å². The highest BCUT2D eigenvalue weighted by atomic mass is 32.2. The van der Waals surface area contributed by atoms with Gasteiger partial charge in [-0.15, -0.1) is 10.2 Å². The van der Waals surface area contributed by atoms with Crippen molar-refractivity contribution >= 4 is 45.7 Å². The average Bonchev–Trinajstić information content (AvgIpc) is 3.28. The Morgan fingerprint density at radius 1 is 1.41 bits per heavy atom. The fourth-order valence-corrected chi connectivity index (χ4v) is 4.71. The van der Waals surface area contributed by atoms with E-state index in [2.05, 4.69) is 22.4 Å². The lowest BCUT2D eigenvalue weighted by Crippen LogP contribution is -2.28. The van der Waals surface area contributed by atoms with Gasteiger partial charge in [-0.05, 0) is 18.6 Å². The van der Waals surface area contributed by atoms with Gasteiger partial charge in [0.15, 0.2) is 4.34 Å². The van der Waals surface area contributed by atoms with Crippen LogP contribution in [0.1, 0.15) is 26.2 Å². The topological polar surface area (TPSA) is 84.4 Å². The van der Waals surface area contributed by atoms with Crippen LogP contribution in [-0.4, -0.2) is 41.4 Å². The molecule has 2 heterocycles. The van der Waals surface area contributed by atoms with E-state index in [0.29, 0.717) is 23.1 Å². The van der Waals surface area contributed by atoms with Crippen molar-refractivity contribution in [3.63, 3.8) is 0 Å². The van der Waals surface area contributed by atoms with Gasteiger partial charge >= 0.3 is 0 Å². The summed E-state index contributed by atoms with van der Waals surface area (Å²) in [5, 5.41) is 11.4. The number of carbonyl (C=O) groups excluding carboxylic acids is 2. The molecule has 1 aliphatic rings. The fraction of sp³-hybridized carbons (Fsp3) is 0.444. The second-order valence-electron chi connectivity index (χ2n) is 6.14. The van der Waals surface area contributed by atoms with Crippen LogP contribution in [0.25, 0.3) is 0 Å². The van der Waals surface area contributed by atoms with Gasteiger partial charge in [-0.1, -0.05) is 48.6 Å². The van der Waals surface area contributed by atoms with E-state index in [-0.39, 0.29) is 18.2 Å². The number of carbonyl (C=O) groups is 2. The fourth-order valence-electron chi connectivity index (χ4n) is 2.80. The summed E-state index contributed by atoms with van der Waals surface area (Å²) in [6.45, 7) is 2.46. The Morgan fingerprint density at radius 2 is 2.22 bits per heavy atom. The summed E-state index contributed by atoms with van der Waals surface area (Å²) in [4.78, 5) is 26.6. The number of para-hydroxylation sites is 2. The summed E-state index contributed by atoms with van der Waals surface area (Å²) in [6.07, 6.45) is 2.42. The number of hydrogen-bond acceptors (Lipinski definition) is 7. The Hall–Kier alpha value is -2.13. The zero-order chi connectivity index (χ0) is 19.2. The molecule has 0 saturated carbocycles. The zero-order valence-electron chi connectivity index (χ0n) is 15.3. The summed E-state index contributed by atoms with van der Waals surface area (Å²) in [7, 11) is 1.56. The number of thioether (sulfide) groups is 1. The second-order valence-corrected chi connectivity index (χ2v) is 8.46. The smallest absolute Gasteiger partial charge is 0.231 e. The third-order valence-corrected chi connectivity index (χ3v) is 6.29. The number of methoxy groups -OCH3 is 1. The van der Waals surface area contributed by atoms with Crippen molar-refractivity contribution in [2.75, 3.05) is 29.6 Å². The number of aromatic nitrogens is 2. The normalized spacial score (nSPS) is 16.6. The van der Waals surface area contributed by atoms with Crippen LogP contribution in [0.4, 0.5) is 10.8 Å². The first kappa shape index (κ1) is 19.6. The van der Waals surface area contributed by atoms with Crippen molar-refractivity contribution in [1.29, 1.82) is 0 Å². The van der Waals surface area contributed by atoms with Gasteiger partial charge in [-0.25, -0.2) is 0 Å². The van der Waals surface area contributed by atoms with E-state index in [1.54, 1.807) is 29.8 Å². The number of ether oxygens (including phenoxy) is 1. The van der Waals surface area contributed by atoms with Crippen LogP contribution in [0.3, 0.4) is 0 Å². The number of nitrogens with zero attached hydrogens (tertiary/aromatic N) is 3. The van der Waals surface area contributed by atoms with Crippen molar-refractivity contribution in [2.24, 2.45) is 5.92 Å². The van der Waals surface area contributed by atoms with Crippen LogP contribution in [-0.2, 0) is 9.59 Å². The minimum atomic E-state index is -0.428. The van der Waals surface area contributed by atoms with E-state index in [1.165, 1.54) is 11.3 Å². The van der Waals surface area contributed by atoms with Gasteiger partial charge in [0, 0.05) is 18.7 Å². The molecule has 1 aliphatic heterocycles. The van der Waals surface area contributed by atoms with Crippen LogP contribution in [0.5, 0.6) is 5.75 Å². The first-order valence-electron chi connectivity index (χ1n) is 8.83. The van der Waals surface area contributed by atoms with E-state index in [4.69, 9.17) is 4.74 Å². The van der Waals surface area contributed by atoms with Crippen molar-refractivity contribution in [3.05, 3.63) is 24.3 Å². The maximum atomic E-state index is 12.6. The number of benzene rings is 1. The minimum absolute atomic E-state index is 0.0901. The standard InChI is InChI=1S/C18H22N4O3S2/c1-3-4-9-26-18-21-20-17(27-18)19-16(24)12-10-15(23)22(11-12)13-7-5-6-8-14(13)25-2/h5-8,12H,3-4,9-11H2,1-2H3,(H,19,20,24)/t12-/m0/s1. The van der Waals surface area contributed by atoms with E-state index >= 15 is 0 Å². The van der Waals surface area contributed by atoms with Gasteiger partial charge in [0.05, 0.1) is 18.7 Å². The number of unbranched alkanes of at least 4 members (excludes halogenated alkanes) is 1. The molecular weight excluding hydrogens is 384 g/mol. The molecule has 9 heteroatoms. The van der Waals surface area contributed by atoms with Crippen LogP contribution in [0.15, 0.2) is 28.6 Å². The molecule has 1 saturated heterocycles. The molecule has 1 aromatic carbocycles. The molecule has 0 spiro atoms. The van der Waals surface area contributed by atoms with Gasteiger partial charge in [-0.2, -0.15) is 0 Å². The molecule has 1 fully saturated rings. The third kappa shape index (κ3) is 4.78. The number of amides is 2. The average molecular weight is 407 g/mol. The Kier molecular flexibility index (Phi) is 6.68. The van der Waals surface area contributed by atoms with Gasteiger partial charge in [-0.3, -0.25) is 9.59 Å². The second kappa shape index (κ2) is 9.18. The SMILES string of the molecule is CCCCSc1nnc(NC(=O)[C@H]2CC(=O)N(c3ccccc3OC)C2)s1. The molecule has 1 atom stereocenters. The van der Waals surface area contributed by atoms with Crippen LogP contribution in [0.2, 0.25) is 0 Å². The number of hydrogen-bond donors (Lipinski definition) is 1. The summed E-state index contributed by atoms with van der Waals surface area (Å²) >= 11 is 3.01. The molecule has 0 radical (unpaired) electrons. The highest BCUT2D eigenvalue weighted by Gasteiger charge is 2.36. The van der Waals surface area contributed by atoms with Crippen molar-refractivity contribution in [1.82, 2.24) is 10.2 Å². The first-order valence-corrected chi connectivity index (χ1v) is 10.6. The Bertz CT molecular complexity index is 811. The van der Waals surface area contributed by atoms with Crippen LogP contribution < -0.4 is 15.0 Å². The van der Waals surface area contributed by atoms with Gasteiger partial charge in [0.2, 0.25) is 16.9 Å². The molecule has 0 unspecified atom stereocenters. The zero-order valence-corrected chi connectivity index (χ0v) is 16.9. The third-order valence-electron chi connectivity index (χ3n) is 4.23. The molecule has 27 heavy (non-hydrogen) atoms. The summed E-state index contributed by atoms with van der Waals surface area (Å²) in [5.41, 5.74) is 0.686. The van der Waals surface area contributed by atoms with Gasteiger partial charge in [0.1, 0.15) is 5.75 Å². The van der Waals surface area contributed by atoms with Gasteiger partial charge < -0.3 is 15.0 Å². The van der Waals surface area contributed by atoms with Gasteiger partial charge in [0.25, 0.3) is 0 Å². The quantitative estimate of drug-likeness (QED) is 0.411. The number of nitrogens with one attached hydrogen (secondary N) is 1. The number of anilines is 2. The minimum Gasteiger partial charge on any atom is -0.495 e. The molecule has 1 N–H and O–H groups in total. The molecule has 0 bridgehead atoms. The maximum Gasteiger partial charge on any atom is 0.231 e. The monoisotopic (exact) mass is 406 g/mol. The van der Waals surface area contributed by atoms with Crippen molar-refractivity contribution in [3.8, 4) is 5.75 Å². The van der Waals surface area contributed by atoms with Crippen molar-refractivity contribution < 1.29 is 14.3 Å². The predicted molar refractivity (Wildman–Crippen MR) is 108 cm³/mol. The molecule has 2 amide bonds. The van der Waals surface area contributed by atoms with E-state index in [9.17, 15) is 9.59 Å². The summed E-state index contributed by atoms with van der Waals surface area (Å²) < 4.78 is 6.17. The molecule has 3 rings (SSSR count). The highest BCUT2D eigenvalue weighted by Crippen LogP contribution is 2.33. The lowest BCUT2D eigenvalue weighted by molar-refractivity contribution is -0.122. The van der Waals surface area contributed by atoms with Crippen LogP contribution in [0, 0.1) is 5.92 Å². The maximum absolute atomic E-state index is 12.6. The van der Waals surface area contributed by atoms with E-state index < -0.39 is 5.92 Å². The molecule has 144 valence electrons. The number of rotatable bonds is 8. The Labute approximate surface area is 166 Å². The lowest BCUT2D eigenvalue weighted by Gasteiger charge is -2.19. The van der Waals surface area contributed by atoms with Crippen molar-refractivity contribution in [2.45, 2.75) is 30.5 Å². The Morgan fingerprint density at radius 3 is 3.00 bits per heavy atom. The highest BCUT2D eigenvalue weighted by molar-refractivity contribution is 8.01. The first-order chi connectivity index (χ1) is 13.1. The molecule has 0 aliphatic carbocycles. The Balaban J connectivity index is 1.61. The molecular formula is C18H22N4O3S2. The lowest BCUT2D eigenvalue weighted by atomic mass is 10.1. The van der Waals surface area contributed by atoms with Crippen LogP contribution >= 0.6 is 23.1 Å². The summed E-state index contributed by atoms with van der Waals surface area (Å²) in [6, 6.07) is 7.31. The molecule has 2 aromatic rings. The predicted octanol–water partition coefficient (Wildman–Crippen LogP) is 3.43.